The monoisotopic (exact) mass is 1300 g/mol. The molecule has 0 spiro atoms. The van der Waals surface area contributed by atoms with Crippen molar-refractivity contribution in [3.63, 3.8) is 0 Å². The summed E-state index contributed by atoms with van der Waals surface area (Å²) in [6.45, 7) is 3.78. The molecule has 0 aromatic heterocycles. The van der Waals surface area contributed by atoms with Crippen LogP contribution in [0.3, 0.4) is 0 Å². The molecule has 0 aliphatic carbocycles. The summed E-state index contributed by atoms with van der Waals surface area (Å²) in [5.41, 5.74) is 12.9. The van der Waals surface area contributed by atoms with Gasteiger partial charge >= 0.3 is 11.9 Å². The SMILES string of the molecule is CC(C)C[C@H](NC(=O)[C@H](CC(N)=O)NC(=O)[C@H](CCC(=O)O)NC(=O)[C@H](Cc1ccccc1)NC(=O)[C@H](Cc1ccccc1)NC(=O)[C@H](CO)NC(=O)[C@@H]1CCCN1C(=O)[C@H](CO)NC(=O)[C@H](CO)NC(=O)[C@H](Cc1ccc(O)cc1)NC(=O)[C@@H](N)CC(C)C)C(=O)O. The molecule has 0 saturated carbocycles. The van der Waals surface area contributed by atoms with Crippen molar-refractivity contribution in [3.8, 4) is 5.75 Å². The standard InChI is InChI=1S/C62H86N12O19/c1-33(2)24-39(63)52(82)66-41(28-37-17-19-38(78)20-18-37)56(86)71-46(30-75)59(89)73-48(32-77)61(91)74-23-11-16-49(74)60(90)72-47(31-76)58(88)68-43(27-36-14-9-6-10-15-36)55(85)67-42(26-35-12-7-5-8-13-35)54(84)65-40(21-22-51(80)81)53(83)69-44(29-50(64)79)57(87)70-45(62(92)93)25-34(3)4/h5-10,12-15,17-20,33-34,39-49,75-78H,11,16,21-32,63H2,1-4H3,(H2,64,79)(H,65,84)(H,66,82)(H,67,85)(H,68,88)(H,69,83)(H,70,87)(H,71,86)(H,72,90)(H,73,89)(H,80,81)(H,92,93)/t39-,40-,41-,42-,43-,44-,45-,46-,47-,48-,49-/m0/s1. The van der Waals surface area contributed by atoms with Crippen LogP contribution in [0.5, 0.6) is 5.75 Å². The largest absolute Gasteiger partial charge is 0.508 e. The Morgan fingerprint density at radius 2 is 0.871 bits per heavy atom. The summed E-state index contributed by atoms with van der Waals surface area (Å²) in [5.74, 6) is -14.6. The Morgan fingerprint density at radius 1 is 0.484 bits per heavy atom. The van der Waals surface area contributed by atoms with E-state index < -0.39 is 182 Å². The van der Waals surface area contributed by atoms with Crippen molar-refractivity contribution < 1.29 is 93.0 Å². The number of amides is 11. The minimum atomic E-state index is -1.82. The number of nitrogens with one attached hydrogen (secondary N) is 9. The molecule has 31 nitrogen and oxygen atoms in total. The molecule has 19 N–H and O–H groups in total. The quantitative estimate of drug-likeness (QED) is 0.0260. The lowest BCUT2D eigenvalue weighted by Gasteiger charge is -2.30. The predicted octanol–water partition coefficient (Wildman–Crippen LogP) is -4.00. The number of carboxylic acid groups (broad SMARTS) is 2. The molecule has 0 unspecified atom stereocenters. The summed E-state index contributed by atoms with van der Waals surface area (Å²) < 4.78 is 0. The molecule has 4 rings (SSSR count). The highest BCUT2D eigenvalue weighted by Crippen LogP contribution is 2.20. The molecule has 31 heteroatoms. The first-order valence-electron chi connectivity index (χ1n) is 30.2. The number of phenols is 1. The first kappa shape index (κ1) is 75.9. The van der Waals surface area contributed by atoms with Crippen molar-refractivity contribution in [2.45, 2.75) is 158 Å². The fourth-order valence-corrected chi connectivity index (χ4v) is 9.98. The van der Waals surface area contributed by atoms with Gasteiger partial charge in [-0.05, 0) is 72.8 Å². The number of nitrogens with zero attached hydrogens (tertiary/aromatic N) is 1. The Balaban J connectivity index is 1.54. The average Bonchev–Trinajstić information content (AvgIpc) is 1.84. The number of phenolic OH excluding ortho intramolecular Hbond substituents is 1. The Labute approximate surface area is 536 Å². The number of likely N-dealkylation sites (tertiary alicyclic amines) is 1. The van der Waals surface area contributed by atoms with Crippen LogP contribution < -0.4 is 59.3 Å². The van der Waals surface area contributed by atoms with Crippen molar-refractivity contribution in [2.24, 2.45) is 23.3 Å². The Hall–Kier alpha value is -9.59. The number of benzene rings is 3. The summed E-state index contributed by atoms with van der Waals surface area (Å²) in [5, 5.41) is 82.0. The van der Waals surface area contributed by atoms with E-state index in [1.54, 1.807) is 74.5 Å². The first-order chi connectivity index (χ1) is 44.0. The third kappa shape index (κ3) is 25.2. The summed E-state index contributed by atoms with van der Waals surface area (Å²) in [7, 11) is 0. The minimum Gasteiger partial charge on any atom is -0.508 e. The molecule has 1 saturated heterocycles. The van der Waals surface area contributed by atoms with Crippen molar-refractivity contribution in [2.75, 3.05) is 26.4 Å². The molecule has 1 fully saturated rings. The number of carbonyl (C=O) groups is 13. The third-order valence-corrected chi connectivity index (χ3v) is 14.8. The van der Waals surface area contributed by atoms with Gasteiger partial charge in [0.25, 0.3) is 0 Å². The second-order valence-corrected chi connectivity index (χ2v) is 23.3. The van der Waals surface area contributed by atoms with Gasteiger partial charge in [-0.2, -0.15) is 0 Å². The maximum atomic E-state index is 14.6. The lowest BCUT2D eigenvalue weighted by Crippen LogP contribution is -2.62. The van der Waals surface area contributed by atoms with Crippen LogP contribution in [0.2, 0.25) is 0 Å². The van der Waals surface area contributed by atoms with Gasteiger partial charge in [-0.3, -0.25) is 57.5 Å². The highest BCUT2D eigenvalue weighted by Gasteiger charge is 2.41. The molecule has 0 radical (unpaired) electrons. The van der Waals surface area contributed by atoms with E-state index in [0.717, 1.165) is 4.90 Å². The van der Waals surface area contributed by atoms with Crippen LogP contribution >= 0.6 is 0 Å². The van der Waals surface area contributed by atoms with Gasteiger partial charge in [0.05, 0.1) is 32.3 Å². The summed E-state index contributed by atoms with van der Waals surface area (Å²) >= 11 is 0. The molecular weight excluding hydrogens is 1220 g/mol. The second kappa shape index (κ2) is 37.7. The molecule has 508 valence electrons. The Morgan fingerprint density at radius 3 is 1.32 bits per heavy atom. The summed E-state index contributed by atoms with van der Waals surface area (Å²) in [6, 6.07) is 4.54. The van der Waals surface area contributed by atoms with Crippen LogP contribution in [0.15, 0.2) is 84.9 Å². The van der Waals surface area contributed by atoms with Crippen LogP contribution in [0, 0.1) is 11.8 Å². The van der Waals surface area contributed by atoms with Gasteiger partial charge in [0.2, 0.25) is 65.0 Å². The van der Waals surface area contributed by atoms with Crippen molar-refractivity contribution in [1.82, 2.24) is 52.8 Å². The van der Waals surface area contributed by atoms with Crippen LogP contribution in [-0.2, 0) is 81.6 Å². The van der Waals surface area contributed by atoms with Crippen molar-refractivity contribution in [3.05, 3.63) is 102 Å². The Kier molecular flexibility index (Phi) is 30.7. The number of hydrogen-bond acceptors (Lipinski definition) is 18. The lowest BCUT2D eigenvalue weighted by molar-refractivity contribution is -0.143. The lowest BCUT2D eigenvalue weighted by atomic mass is 10.0. The van der Waals surface area contributed by atoms with Gasteiger partial charge in [-0.25, -0.2) is 4.79 Å². The molecule has 1 aliphatic rings. The number of primary amides is 1. The number of hydrogen-bond donors (Lipinski definition) is 17. The number of aliphatic hydroxyl groups excluding tert-OH is 3. The minimum absolute atomic E-state index is 0.0132. The van der Waals surface area contributed by atoms with E-state index in [9.17, 15) is 93.0 Å². The Bertz CT molecular complexity index is 3070. The summed E-state index contributed by atoms with van der Waals surface area (Å²) in [4.78, 5) is 176. The molecule has 0 bridgehead atoms. The second-order valence-electron chi connectivity index (χ2n) is 23.3. The average molecular weight is 1300 g/mol. The topological polar surface area (TPSA) is 507 Å². The molecule has 3 aromatic rings. The highest BCUT2D eigenvalue weighted by molar-refractivity contribution is 6.00. The molecule has 93 heavy (non-hydrogen) atoms. The fraction of sp³-hybridized carbons (Fsp3) is 0.500. The van der Waals surface area contributed by atoms with Gasteiger partial charge in [0.15, 0.2) is 0 Å². The molecule has 11 atom stereocenters. The zero-order chi connectivity index (χ0) is 69.1. The molecule has 1 heterocycles. The van der Waals surface area contributed by atoms with Crippen LogP contribution in [0.1, 0.15) is 89.3 Å². The predicted molar refractivity (Wildman–Crippen MR) is 331 cm³/mol. The normalized spacial score (nSPS) is 16.0. The van der Waals surface area contributed by atoms with E-state index in [1.807, 2.05) is 13.8 Å². The van der Waals surface area contributed by atoms with Gasteiger partial charge < -0.3 is 94.9 Å². The number of aromatic hydroxyl groups is 1. The molecule has 11 amide bonds. The van der Waals surface area contributed by atoms with E-state index in [-0.39, 0.29) is 69.1 Å². The molecule has 1 aliphatic heterocycles. The highest BCUT2D eigenvalue weighted by atomic mass is 16.4. The molecule has 3 aromatic carbocycles. The van der Waals surface area contributed by atoms with E-state index in [4.69, 9.17) is 11.5 Å². The van der Waals surface area contributed by atoms with Crippen LogP contribution in [0.4, 0.5) is 0 Å². The van der Waals surface area contributed by atoms with E-state index in [0.29, 0.717) is 16.7 Å². The zero-order valence-electron chi connectivity index (χ0n) is 52.1. The van der Waals surface area contributed by atoms with Gasteiger partial charge in [-0.15, -0.1) is 0 Å². The van der Waals surface area contributed by atoms with E-state index in [1.165, 1.54) is 24.3 Å². The number of carbonyl (C=O) groups excluding carboxylic acids is 11. The van der Waals surface area contributed by atoms with E-state index >= 15 is 0 Å². The number of nitrogens with two attached hydrogens (primary N) is 2. The van der Waals surface area contributed by atoms with E-state index in [2.05, 4.69) is 47.9 Å². The van der Waals surface area contributed by atoms with Crippen LogP contribution in [0.25, 0.3) is 0 Å². The first-order valence-corrected chi connectivity index (χ1v) is 30.2. The van der Waals surface area contributed by atoms with Gasteiger partial charge in [-0.1, -0.05) is 100 Å². The number of rotatable bonds is 38. The number of aliphatic carboxylic acids is 2. The van der Waals surface area contributed by atoms with Crippen molar-refractivity contribution >= 4 is 76.9 Å². The number of carboxylic acids is 2. The van der Waals surface area contributed by atoms with Crippen LogP contribution in [-0.4, -0.2) is 205 Å². The summed E-state index contributed by atoms with van der Waals surface area (Å²) in [6.07, 6.45) is -2.52. The van der Waals surface area contributed by atoms with Gasteiger partial charge in [0.1, 0.15) is 66.2 Å². The maximum Gasteiger partial charge on any atom is 0.326 e. The fourth-order valence-electron chi connectivity index (χ4n) is 9.98. The number of aliphatic hydroxyl groups is 3. The zero-order valence-corrected chi connectivity index (χ0v) is 52.1. The smallest absolute Gasteiger partial charge is 0.326 e. The maximum absolute atomic E-state index is 14.6. The van der Waals surface area contributed by atoms with Gasteiger partial charge in [0, 0.05) is 32.2 Å². The third-order valence-electron chi connectivity index (χ3n) is 14.8. The van der Waals surface area contributed by atoms with Crippen molar-refractivity contribution in [1.29, 1.82) is 0 Å². The molecular formula is C62H86N12O19.